The number of hydrogen-bond acceptors (Lipinski definition) is 4. The number of anilines is 1. The van der Waals surface area contributed by atoms with Crippen LogP contribution >= 0.6 is 11.6 Å². The summed E-state index contributed by atoms with van der Waals surface area (Å²) in [4.78, 5) is 38.4. The van der Waals surface area contributed by atoms with Gasteiger partial charge in [-0.25, -0.2) is 0 Å². The summed E-state index contributed by atoms with van der Waals surface area (Å²) in [5.41, 5.74) is 0.544. The molecule has 0 saturated heterocycles. The molecule has 0 saturated carbocycles. The number of carbonyl (C=O) groups excluding carboxylic acids is 3. The van der Waals surface area contributed by atoms with Crippen molar-refractivity contribution in [2.75, 3.05) is 5.32 Å². The van der Waals surface area contributed by atoms with Gasteiger partial charge in [0.2, 0.25) is 0 Å². The van der Waals surface area contributed by atoms with Crippen LogP contribution in [0.4, 0.5) is 5.69 Å². The Balaban J connectivity index is 1.86. The van der Waals surface area contributed by atoms with E-state index in [9.17, 15) is 19.5 Å². The van der Waals surface area contributed by atoms with Crippen LogP contribution in [0.15, 0.2) is 60.7 Å². The predicted octanol–water partition coefficient (Wildman–Crippen LogP) is 4.07. The number of halogens is 1. The summed E-state index contributed by atoms with van der Waals surface area (Å²) < 4.78 is 0. The second-order valence-corrected chi connectivity index (χ2v) is 6.43. The third-order valence-electron chi connectivity index (χ3n) is 4.41. The van der Waals surface area contributed by atoms with Gasteiger partial charge in [-0.1, -0.05) is 41.9 Å². The molecule has 0 aromatic heterocycles. The molecule has 4 rings (SSSR count). The van der Waals surface area contributed by atoms with E-state index < -0.39 is 17.5 Å². The SMILES string of the molecule is O=C(Nc1ccc(O)c2c1C(=O)c1cccc(Cl)c1C2=O)c1ccccc1. The molecule has 0 fully saturated rings. The molecule has 0 aliphatic heterocycles. The van der Waals surface area contributed by atoms with Crippen LogP contribution in [0.2, 0.25) is 5.02 Å². The second-order valence-electron chi connectivity index (χ2n) is 6.02. The predicted molar refractivity (Wildman–Crippen MR) is 101 cm³/mol. The fourth-order valence-electron chi connectivity index (χ4n) is 3.15. The first-order valence-electron chi connectivity index (χ1n) is 8.09. The van der Waals surface area contributed by atoms with E-state index in [1.165, 1.54) is 24.3 Å². The molecule has 0 spiro atoms. The van der Waals surface area contributed by atoms with Crippen molar-refractivity contribution in [2.24, 2.45) is 0 Å². The Bertz CT molecular complexity index is 1120. The van der Waals surface area contributed by atoms with Crippen LogP contribution in [0.1, 0.15) is 42.2 Å². The van der Waals surface area contributed by atoms with Crippen LogP contribution in [0, 0.1) is 0 Å². The molecule has 0 atom stereocenters. The van der Waals surface area contributed by atoms with Gasteiger partial charge in [-0.3, -0.25) is 14.4 Å². The van der Waals surface area contributed by atoms with Gasteiger partial charge in [-0.2, -0.15) is 0 Å². The van der Waals surface area contributed by atoms with Gasteiger partial charge in [-0.05, 0) is 30.3 Å². The highest BCUT2D eigenvalue weighted by Gasteiger charge is 2.35. The molecule has 1 amide bonds. The Labute approximate surface area is 159 Å². The molecule has 132 valence electrons. The molecule has 1 aliphatic rings. The molecule has 0 heterocycles. The summed E-state index contributed by atoms with van der Waals surface area (Å²) in [6, 6.07) is 15.7. The first kappa shape index (κ1) is 17.0. The molecule has 0 bridgehead atoms. The molecular weight excluding hydrogens is 366 g/mol. The number of rotatable bonds is 2. The number of amides is 1. The van der Waals surface area contributed by atoms with E-state index in [1.54, 1.807) is 36.4 Å². The van der Waals surface area contributed by atoms with Crippen LogP contribution in [0.3, 0.4) is 0 Å². The first-order valence-corrected chi connectivity index (χ1v) is 8.47. The summed E-state index contributed by atoms with van der Waals surface area (Å²) in [5, 5.41) is 13.0. The largest absolute Gasteiger partial charge is 0.507 e. The van der Waals surface area contributed by atoms with Gasteiger partial charge in [0.15, 0.2) is 11.6 Å². The topological polar surface area (TPSA) is 83.5 Å². The van der Waals surface area contributed by atoms with E-state index in [1.807, 2.05) is 0 Å². The average molecular weight is 378 g/mol. The zero-order valence-corrected chi connectivity index (χ0v) is 14.6. The third kappa shape index (κ3) is 2.69. The standard InChI is InChI=1S/C21H12ClNO4/c22-13-8-4-7-12-16(13)20(26)18-15(24)10-9-14(17(18)19(12)25)23-21(27)11-5-2-1-3-6-11/h1-10,24H,(H,23,27). The summed E-state index contributed by atoms with van der Waals surface area (Å²) in [6.07, 6.45) is 0. The number of phenolic OH excluding ortho intramolecular Hbond substituents is 1. The summed E-state index contributed by atoms with van der Waals surface area (Å²) in [7, 11) is 0. The minimum atomic E-state index is -0.557. The number of hydrogen-bond donors (Lipinski definition) is 2. The Morgan fingerprint density at radius 2 is 1.56 bits per heavy atom. The molecule has 6 heteroatoms. The zero-order chi connectivity index (χ0) is 19.1. The Hall–Kier alpha value is -3.44. The maximum absolute atomic E-state index is 13.0. The van der Waals surface area contributed by atoms with Crippen molar-refractivity contribution in [3.8, 4) is 5.75 Å². The Morgan fingerprint density at radius 1 is 0.815 bits per heavy atom. The number of carbonyl (C=O) groups is 3. The maximum Gasteiger partial charge on any atom is 0.255 e. The number of phenols is 1. The lowest BCUT2D eigenvalue weighted by molar-refractivity contribution is 0.0976. The van der Waals surface area contributed by atoms with Crippen LogP contribution in [-0.2, 0) is 0 Å². The van der Waals surface area contributed by atoms with Crippen LogP contribution in [0.5, 0.6) is 5.75 Å². The van der Waals surface area contributed by atoms with Gasteiger partial charge in [0.25, 0.3) is 5.91 Å². The molecule has 1 aliphatic carbocycles. The average Bonchev–Trinajstić information content (AvgIpc) is 2.67. The van der Waals surface area contributed by atoms with Gasteiger partial charge in [-0.15, -0.1) is 0 Å². The quantitative estimate of drug-likeness (QED) is 0.516. The van der Waals surface area contributed by atoms with E-state index in [2.05, 4.69) is 5.32 Å². The molecule has 3 aromatic rings. The monoisotopic (exact) mass is 377 g/mol. The first-order chi connectivity index (χ1) is 13.0. The number of nitrogens with one attached hydrogen (secondary N) is 1. The van der Waals surface area contributed by atoms with Crippen molar-refractivity contribution in [1.82, 2.24) is 0 Å². The van der Waals surface area contributed by atoms with Crippen molar-refractivity contribution in [3.63, 3.8) is 0 Å². The smallest absolute Gasteiger partial charge is 0.255 e. The molecule has 0 unspecified atom stereocenters. The molecule has 3 aromatic carbocycles. The van der Waals surface area contributed by atoms with E-state index >= 15 is 0 Å². The summed E-state index contributed by atoms with van der Waals surface area (Å²) in [6.45, 7) is 0. The van der Waals surface area contributed by atoms with Gasteiger partial charge in [0, 0.05) is 11.1 Å². The minimum Gasteiger partial charge on any atom is -0.507 e. The van der Waals surface area contributed by atoms with E-state index in [-0.39, 0.29) is 38.7 Å². The normalized spacial score (nSPS) is 12.3. The van der Waals surface area contributed by atoms with Gasteiger partial charge >= 0.3 is 0 Å². The Kier molecular flexibility index (Phi) is 4.01. The van der Waals surface area contributed by atoms with Crippen molar-refractivity contribution in [3.05, 3.63) is 93.5 Å². The fraction of sp³-hybridized carbons (Fsp3) is 0. The van der Waals surface area contributed by atoms with Gasteiger partial charge in [0.1, 0.15) is 5.75 Å². The van der Waals surface area contributed by atoms with E-state index in [0.717, 1.165) is 0 Å². The lowest BCUT2D eigenvalue weighted by atomic mass is 9.82. The lowest BCUT2D eigenvalue weighted by Gasteiger charge is -2.22. The highest BCUT2D eigenvalue weighted by Crippen LogP contribution is 2.39. The Morgan fingerprint density at radius 3 is 2.30 bits per heavy atom. The summed E-state index contributed by atoms with van der Waals surface area (Å²) in [5.74, 6) is -1.81. The third-order valence-corrected chi connectivity index (χ3v) is 4.72. The maximum atomic E-state index is 13.0. The molecule has 27 heavy (non-hydrogen) atoms. The minimum absolute atomic E-state index is 0.0425. The molecule has 5 nitrogen and oxygen atoms in total. The second kappa shape index (κ2) is 6.37. The zero-order valence-electron chi connectivity index (χ0n) is 13.8. The van der Waals surface area contributed by atoms with Gasteiger partial charge < -0.3 is 10.4 Å². The summed E-state index contributed by atoms with van der Waals surface area (Å²) >= 11 is 6.10. The van der Waals surface area contributed by atoms with E-state index in [4.69, 9.17) is 11.6 Å². The number of ketones is 2. The lowest BCUT2D eigenvalue weighted by Crippen LogP contribution is -2.24. The van der Waals surface area contributed by atoms with Crippen LogP contribution < -0.4 is 5.32 Å². The number of aromatic hydroxyl groups is 1. The molecular formula is C21H12ClNO4. The van der Waals surface area contributed by atoms with Crippen molar-refractivity contribution < 1.29 is 19.5 Å². The van der Waals surface area contributed by atoms with Crippen molar-refractivity contribution >= 4 is 34.8 Å². The highest BCUT2D eigenvalue weighted by molar-refractivity contribution is 6.40. The van der Waals surface area contributed by atoms with Crippen molar-refractivity contribution in [1.29, 1.82) is 0 Å². The van der Waals surface area contributed by atoms with Crippen LogP contribution in [0.25, 0.3) is 0 Å². The van der Waals surface area contributed by atoms with Crippen LogP contribution in [-0.4, -0.2) is 22.6 Å². The fourth-order valence-corrected chi connectivity index (χ4v) is 3.41. The molecule has 2 N–H and O–H groups in total. The van der Waals surface area contributed by atoms with Crippen molar-refractivity contribution in [2.45, 2.75) is 0 Å². The van der Waals surface area contributed by atoms with E-state index in [0.29, 0.717) is 5.56 Å². The number of fused-ring (bicyclic) bond motifs is 2. The molecule has 0 radical (unpaired) electrons. The number of benzene rings is 3. The van der Waals surface area contributed by atoms with Gasteiger partial charge in [0.05, 0.1) is 27.4 Å². The highest BCUT2D eigenvalue weighted by atomic mass is 35.5.